The van der Waals surface area contributed by atoms with Gasteiger partial charge in [-0.2, -0.15) is 0 Å². The number of rotatable bonds is 3. The van der Waals surface area contributed by atoms with Crippen molar-refractivity contribution >= 4 is 17.6 Å². The first kappa shape index (κ1) is 17.1. The van der Waals surface area contributed by atoms with Crippen molar-refractivity contribution in [1.82, 2.24) is 10.6 Å². The third-order valence-electron chi connectivity index (χ3n) is 7.42. The predicted octanol–water partition coefficient (Wildman–Crippen LogP) is 3.23. The number of anilines is 1. The van der Waals surface area contributed by atoms with E-state index in [1.54, 1.807) is 0 Å². The molecule has 4 fully saturated rings. The molecule has 27 heavy (non-hydrogen) atoms. The fraction of sp³-hybridized carbons (Fsp3) is 0.636. The summed E-state index contributed by atoms with van der Waals surface area (Å²) in [4.78, 5) is 27.5. The number of benzene rings is 1. The summed E-state index contributed by atoms with van der Waals surface area (Å²) in [6, 6.07) is 7.55. The van der Waals surface area contributed by atoms with E-state index < -0.39 is 0 Å². The molecule has 4 aliphatic carbocycles. The Morgan fingerprint density at radius 3 is 2.37 bits per heavy atom. The second-order valence-corrected chi connectivity index (χ2v) is 9.39. The average Bonchev–Trinajstić information content (AvgIpc) is 3.03. The summed E-state index contributed by atoms with van der Waals surface area (Å²) in [7, 11) is 0. The van der Waals surface area contributed by atoms with Crippen LogP contribution < -0.4 is 15.5 Å². The van der Waals surface area contributed by atoms with E-state index in [0.717, 1.165) is 55.7 Å². The van der Waals surface area contributed by atoms with Crippen molar-refractivity contribution in [3.05, 3.63) is 29.8 Å². The zero-order valence-corrected chi connectivity index (χ0v) is 16.0. The number of amides is 3. The lowest BCUT2D eigenvalue weighted by Gasteiger charge is -2.56. The van der Waals surface area contributed by atoms with Crippen LogP contribution in [0.5, 0.6) is 0 Å². The van der Waals surface area contributed by atoms with Crippen molar-refractivity contribution in [2.24, 2.45) is 17.8 Å². The molecule has 1 aliphatic heterocycles. The molecule has 0 spiro atoms. The van der Waals surface area contributed by atoms with Gasteiger partial charge in [-0.3, -0.25) is 10.1 Å². The van der Waals surface area contributed by atoms with Gasteiger partial charge in [-0.15, -0.1) is 0 Å². The molecule has 2 N–H and O–H groups in total. The number of nitrogens with zero attached hydrogens (tertiary/aromatic N) is 1. The van der Waals surface area contributed by atoms with E-state index in [0.29, 0.717) is 0 Å². The number of nitrogens with one attached hydrogen (secondary N) is 2. The number of para-hydroxylation sites is 1. The molecule has 0 saturated heterocycles. The van der Waals surface area contributed by atoms with Gasteiger partial charge in [0.05, 0.1) is 0 Å². The van der Waals surface area contributed by atoms with Gasteiger partial charge in [-0.1, -0.05) is 18.2 Å². The molecule has 5 heteroatoms. The van der Waals surface area contributed by atoms with Crippen molar-refractivity contribution in [2.45, 2.75) is 63.5 Å². The zero-order chi connectivity index (χ0) is 18.6. The number of fused-ring (bicyclic) bond motifs is 1. The van der Waals surface area contributed by atoms with Gasteiger partial charge < -0.3 is 10.2 Å². The van der Waals surface area contributed by atoms with Crippen LogP contribution in [0.4, 0.5) is 10.5 Å². The lowest BCUT2D eigenvalue weighted by Crippen LogP contribution is -2.62. The Morgan fingerprint density at radius 1 is 1.07 bits per heavy atom. The molecule has 1 aromatic carbocycles. The second-order valence-electron chi connectivity index (χ2n) is 9.39. The first-order chi connectivity index (χ1) is 13.0. The van der Waals surface area contributed by atoms with E-state index in [9.17, 15) is 9.59 Å². The van der Waals surface area contributed by atoms with Gasteiger partial charge in [-0.25, -0.2) is 4.79 Å². The van der Waals surface area contributed by atoms with Crippen LogP contribution in [0.3, 0.4) is 0 Å². The molecule has 4 bridgehead atoms. The summed E-state index contributed by atoms with van der Waals surface area (Å²) in [5, 5.41) is 5.86. The Labute approximate surface area is 160 Å². The maximum atomic E-state index is 12.7. The number of carbonyl (C=O) groups is 2. The fourth-order valence-corrected chi connectivity index (χ4v) is 6.66. The van der Waals surface area contributed by atoms with E-state index in [1.807, 2.05) is 19.1 Å². The molecule has 1 heterocycles. The van der Waals surface area contributed by atoms with Crippen molar-refractivity contribution in [3.63, 3.8) is 0 Å². The van der Waals surface area contributed by atoms with Crippen LogP contribution in [0.15, 0.2) is 24.3 Å². The third-order valence-corrected chi connectivity index (χ3v) is 7.42. The van der Waals surface area contributed by atoms with Crippen molar-refractivity contribution in [2.75, 3.05) is 11.4 Å². The van der Waals surface area contributed by atoms with Gasteiger partial charge in [0.1, 0.15) is 6.04 Å². The quantitative estimate of drug-likeness (QED) is 0.862. The van der Waals surface area contributed by atoms with Crippen molar-refractivity contribution in [3.8, 4) is 0 Å². The maximum absolute atomic E-state index is 12.7. The smallest absolute Gasteiger partial charge is 0.321 e. The minimum atomic E-state index is -0.351. The summed E-state index contributed by atoms with van der Waals surface area (Å²) in [6.07, 6.45) is 8.25. The maximum Gasteiger partial charge on any atom is 0.321 e. The molecule has 5 nitrogen and oxygen atoms in total. The van der Waals surface area contributed by atoms with Gasteiger partial charge in [0.25, 0.3) is 0 Å². The first-order valence-corrected chi connectivity index (χ1v) is 10.5. The predicted molar refractivity (Wildman–Crippen MR) is 105 cm³/mol. The molecule has 0 radical (unpaired) electrons. The van der Waals surface area contributed by atoms with Crippen LogP contribution >= 0.6 is 0 Å². The Morgan fingerprint density at radius 2 is 1.70 bits per heavy atom. The minimum Gasteiger partial charge on any atom is -0.359 e. The highest BCUT2D eigenvalue weighted by atomic mass is 16.2. The molecule has 144 valence electrons. The van der Waals surface area contributed by atoms with Crippen molar-refractivity contribution < 1.29 is 9.59 Å². The van der Waals surface area contributed by atoms with Gasteiger partial charge in [0, 0.05) is 17.8 Å². The Hall–Kier alpha value is -2.04. The molecule has 1 atom stereocenters. The van der Waals surface area contributed by atoms with E-state index in [1.165, 1.54) is 24.8 Å². The molecule has 4 saturated carbocycles. The van der Waals surface area contributed by atoms with Gasteiger partial charge >= 0.3 is 6.03 Å². The topological polar surface area (TPSA) is 61.4 Å². The largest absolute Gasteiger partial charge is 0.359 e. The van der Waals surface area contributed by atoms with E-state index in [-0.39, 0.29) is 23.5 Å². The molecule has 1 aromatic rings. The van der Waals surface area contributed by atoms with E-state index >= 15 is 0 Å². The standard InChI is InChI=1S/C22H29N3O2/c1-14(25-7-6-18-4-2-3-5-19(18)25)20(26)23-21(27)24-22-11-15-8-16(12-22)10-17(9-15)13-22/h2-5,14-17H,6-13H2,1H3,(H2,23,24,26,27). The fourth-order valence-electron chi connectivity index (χ4n) is 6.66. The second kappa shape index (κ2) is 6.25. The molecular weight excluding hydrogens is 338 g/mol. The summed E-state index contributed by atoms with van der Waals surface area (Å²) in [6.45, 7) is 2.71. The van der Waals surface area contributed by atoms with Crippen molar-refractivity contribution in [1.29, 1.82) is 0 Å². The van der Waals surface area contributed by atoms with Crippen LogP contribution in [0.25, 0.3) is 0 Å². The van der Waals surface area contributed by atoms with Gasteiger partial charge in [0.2, 0.25) is 5.91 Å². The van der Waals surface area contributed by atoms with Crippen LogP contribution in [0, 0.1) is 17.8 Å². The monoisotopic (exact) mass is 367 g/mol. The Kier molecular flexibility index (Phi) is 3.95. The minimum absolute atomic E-state index is 0.0669. The lowest BCUT2D eigenvalue weighted by molar-refractivity contribution is -0.121. The highest BCUT2D eigenvalue weighted by Crippen LogP contribution is 2.55. The molecule has 6 rings (SSSR count). The highest BCUT2D eigenvalue weighted by molar-refractivity contribution is 5.98. The first-order valence-electron chi connectivity index (χ1n) is 10.5. The zero-order valence-electron chi connectivity index (χ0n) is 16.0. The van der Waals surface area contributed by atoms with E-state index in [4.69, 9.17) is 0 Å². The van der Waals surface area contributed by atoms with Crippen LogP contribution in [-0.2, 0) is 11.2 Å². The summed E-state index contributed by atoms with van der Waals surface area (Å²) < 4.78 is 0. The number of urea groups is 1. The summed E-state index contributed by atoms with van der Waals surface area (Å²) >= 11 is 0. The molecule has 5 aliphatic rings. The van der Waals surface area contributed by atoms with Crippen LogP contribution in [0.1, 0.15) is 51.0 Å². The lowest BCUT2D eigenvalue weighted by atomic mass is 9.53. The molecule has 1 unspecified atom stereocenters. The third kappa shape index (κ3) is 3.01. The Bertz CT molecular complexity index is 739. The van der Waals surface area contributed by atoms with Crippen LogP contribution in [-0.4, -0.2) is 30.1 Å². The SMILES string of the molecule is CC(C(=O)NC(=O)NC12CC3CC(CC(C3)C1)C2)N1CCc2ccccc21. The molecular formula is C22H29N3O2. The van der Waals surface area contributed by atoms with Gasteiger partial charge in [0.15, 0.2) is 0 Å². The van der Waals surface area contributed by atoms with E-state index in [2.05, 4.69) is 27.7 Å². The van der Waals surface area contributed by atoms with Gasteiger partial charge in [-0.05, 0) is 81.3 Å². The highest BCUT2D eigenvalue weighted by Gasteiger charge is 2.51. The molecule has 3 amide bonds. The summed E-state index contributed by atoms with van der Waals surface area (Å²) in [5.41, 5.74) is 2.32. The number of carbonyl (C=O) groups excluding carboxylic acids is 2. The Balaban J connectivity index is 1.22. The molecule has 0 aromatic heterocycles. The number of imide groups is 1. The normalized spacial score (nSPS) is 34.3. The average molecular weight is 367 g/mol. The number of hydrogen-bond donors (Lipinski definition) is 2. The van der Waals surface area contributed by atoms with Crippen LogP contribution in [0.2, 0.25) is 0 Å². The summed E-state index contributed by atoms with van der Waals surface area (Å²) in [5.74, 6) is 2.10. The number of hydrogen-bond acceptors (Lipinski definition) is 3.